The van der Waals surface area contributed by atoms with Crippen molar-refractivity contribution in [3.63, 3.8) is 0 Å². The van der Waals surface area contributed by atoms with Crippen molar-refractivity contribution in [2.75, 3.05) is 14.2 Å². The van der Waals surface area contributed by atoms with E-state index in [9.17, 15) is 0 Å². The Hall–Kier alpha value is -2.12. The van der Waals surface area contributed by atoms with Crippen molar-refractivity contribution in [2.24, 2.45) is 0 Å². The minimum atomic E-state index is 0.484. The molecule has 0 fully saturated rings. The number of hydrogen-bond acceptors (Lipinski definition) is 6. The average molecular weight is 406 g/mol. The van der Waals surface area contributed by atoms with Crippen LogP contribution in [0.3, 0.4) is 0 Å². The number of hydrogen-bond donors (Lipinski definition) is 0. The highest BCUT2D eigenvalue weighted by Gasteiger charge is 2.16. The number of benzene rings is 1. The molecule has 0 bridgehead atoms. The second-order valence-corrected chi connectivity index (χ2v) is 6.87. The highest BCUT2D eigenvalue weighted by Crippen LogP contribution is 2.27. The fraction of sp³-hybridized carbons (Fsp3) is 0.333. The SMILES string of the molecule is COc1ccc(Br)cc1CN(C)Cc1nnc(-c2cc(C)oc2C)o1. The standard InChI is InChI=1S/C18H20BrN3O3/c1-11-7-15(12(2)24-11)18-21-20-17(25-18)10-22(3)9-13-8-14(19)5-6-16(13)23-4/h5-8H,9-10H2,1-4H3. The van der Waals surface area contributed by atoms with Crippen LogP contribution in [0.4, 0.5) is 0 Å². The molecule has 7 heteroatoms. The zero-order valence-electron chi connectivity index (χ0n) is 14.7. The smallest absolute Gasteiger partial charge is 0.251 e. The number of rotatable bonds is 6. The lowest BCUT2D eigenvalue weighted by Gasteiger charge is -2.16. The second-order valence-electron chi connectivity index (χ2n) is 5.96. The van der Waals surface area contributed by atoms with Gasteiger partial charge in [-0.15, -0.1) is 10.2 Å². The first kappa shape index (κ1) is 17.7. The normalized spacial score (nSPS) is 11.3. The number of nitrogens with zero attached hydrogens (tertiary/aromatic N) is 3. The van der Waals surface area contributed by atoms with Crippen LogP contribution in [0.2, 0.25) is 0 Å². The van der Waals surface area contributed by atoms with Gasteiger partial charge in [0.25, 0.3) is 5.89 Å². The summed E-state index contributed by atoms with van der Waals surface area (Å²) in [5, 5.41) is 8.28. The summed E-state index contributed by atoms with van der Waals surface area (Å²) < 4.78 is 17.7. The molecule has 3 aromatic rings. The Labute approximate surface area is 154 Å². The zero-order valence-corrected chi connectivity index (χ0v) is 16.3. The van der Waals surface area contributed by atoms with E-state index in [1.807, 2.05) is 45.2 Å². The quantitative estimate of drug-likeness (QED) is 0.607. The Balaban J connectivity index is 1.71. The molecule has 0 N–H and O–H groups in total. The second kappa shape index (κ2) is 7.41. The molecule has 0 saturated carbocycles. The first-order chi connectivity index (χ1) is 12.0. The summed E-state index contributed by atoms with van der Waals surface area (Å²) in [6.45, 7) is 5.02. The summed E-state index contributed by atoms with van der Waals surface area (Å²) in [6.07, 6.45) is 0. The van der Waals surface area contributed by atoms with Crippen molar-refractivity contribution in [3.05, 3.63) is 51.7 Å². The van der Waals surface area contributed by atoms with Gasteiger partial charge in [-0.1, -0.05) is 15.9 Å². The molecule has 0 spiro atoms. The van der Waals surface area contributed by atoms with Crippen molar-refractivity contribution < 1.29 is 13.6 Å². The third-order valence-electron chi connectivity index (χ3n) is 3.83. The van der Waals surface area contributed by atoms with Gasteiger partial charge in [0, 0.05) is 16.6 Å². The number of ether oxygens (including phenoxy) is 1. The van der Waals surface area contributed by atoms with Crippen LogP contribution in [-0.4, -0.2) is 29.3 Å². The summed E-state index contributed by atoms with van der Waals surface area (Å²) in [7, 11) is 3.67. The van der Waals surface area contributed by atoms with Crippen LogP contribution >= 0.6 is 15.9 Å². The predicted molar refractivity (Wildman–Crippen MR) is 97.3 cm³/mol. The molecule has 0 saturated heterocycles. The molecule has 0 amide bonds. The van der Waals surface area contributed by atoms with E-state index in [1.165, 1.54) is 0 Å². The van der Waals surface area contributed by atoms with Crippen molar-refractivity contribution in [3.8, 4) is 17.2 Å². The molecule has 132 valence electrons. The molecule has 0 aliphatic carbocycles. The molecule has 2 aromatic heterocycles. The van der Waals surface area contributed by atoms with E-state index in [4.69, 9.17) is 13.6 Å². The minimum Gasteiger partial charge on any atom is -0.496 e. The highest BCUT2D eigenvalue weighted by atomic mass is 79.9. The van der Waals surface area contributed by atoms with E-state index in [0.29, 0.717) is 24.9 Å². The summed E-state index contributed by atoms with van der Waals surface area (Å²) in [4.78, 5) is 2.09. The maximum atomic E-state index is 5.79. The summed E-state index contributed by atoms with van der Waals surface area (Å²) in [6, 6.07) is 7.86. The molecule has 0 radical (unpaired) electrons. The van der Waals surface area contributed by atoms with Crippen molar-refractivity contribution in [2.45, 2.75) is 26.9 Å². The van der Waals surface area contributed by atoms with E-state index in [1.54, 1.807) is 7.11 Å². The molecule has 3 rings (SSSR count). The molecular weight excluding hydrogens is 386 g/mol. The summed E-state index contributed by atoms with van der Waals surface area (Å²) >= 11 is 3.50. The van der Waals surface area contributed by atoms with Crippen LogP contribution in [0.1, 0.15) is 23.0 Å². The third kappa shape index (κ3) is 4.11. The summed E-state index contributed by atoms with van der Waals surface area (Å²) in [5.41, 5.74) is 1.92. The Kier molecular flexibility index (Phi) is 5.24. The van der Waals surface area contributed by atoms with Gasteiger partial charge in [0.05, 0.1) is 19.2 Å². The van der Waals surface area contributed by atoms with Gasteiger partial charge in [0.15, 0.2) is 0 Å². The minimum absolute atomic E-state index is 0.484. The fourth-order valence-electron chi connectivity index (χ4n) is 2.72. The molecule has 0 atom stereocenters. The Bertz CT molecular complexity index is 872. The topological polar surface area (TPSA) is 64.5 Å². The molecule has 0 unspecified atom stereocenters. The number of aromatic nitrogens is 2. The fourth-order valence-corrected chi connectivity index (χ4v) is 3.13. The van der Waals surface area contributed by atoms with E-state index in [2.05, 4.69) is 31.0 Å². The van der Waals surface area contributed by atoms with Crippen LogP contribution in [0, 0.1) is 13.8 Å². The van der Waals surface area contributed by atoms with Crippen LogP contribution in [0.5, 0.6) is 5.75 Å². The maximum Gasteiger partial charge on any atom is 0.251 e. The first-order valence-corrected chi connectivity index (χ1v) is 8.66. The lowest BCUT2D eigenvalue weighted by atomic mass is 10.2. The van der Waals surface area contributed by atoms with E-state index >= 15 is 0 Å². The van der Waals surface area contributed by atoms with Crippen molar-refractivity contribution >= 4 is 15.9 Å². The maximum absolute atomic E-state index is 5.79. The molecule has 25 heavy (non-hydrogen) atoms. The number of halogens is 1. The van der Waals surface area contributed by atoms with Gasteiger partial charge in [0.2, 0.25) is 5.89 Å². The first-order valence-electron chi connectivity index (χ1n) is 7.87. The number of furan rings is 1. The van der Waals surface area contributed by atoms with Crippen LogP contribution in [-0.2, 0) is 13.1 Å². The lowest BCUT2D eigenvalue weighted by molar-refractivity contribution is 0.277. The molecular formula is C18H20BrN3O3. The number of aryl methyl sites for hydroxylation is 2. The average Bonchev–Trinajstić information content (AvgIpc) is 3.13. The third-order valence-corrected chi connectivity index (χ3v) is 4.32. The van der Waals surface area contributed by atoms with Gasteiger partial charge >= 0.3 is 0 Å². The van der Waals surface area contributed by atoms with Crippen LogP contribution in [0.25, 0.3) is 11.5 Å². The largest absolute Gasteiger partial charge is 0.496 e. The Morgan fingerprint density at radius 3 is 2.60 bits per heavy atom. The Morgan fingerprint density at radius 1 is 1.12 bits per heavy atom. The van der Waals surface area contributed by atoms with E-state index < -0.39 is 0 Å². The molecule has 2 heterocycles. The molecule has 1 aromatic carbocycles. The monoisotopic (exact) mass is 405 g/mol. The van der Waals surface area contributed by atoms with Crippen molar-refractivity contribution in [1.29, 1.82) is 0 Å². The van der Waals surface area contributed by atoms with Crippen LogP contribution in [0.15, 0.2) is 37.6 Å². The lowest BCUT2D eigenvalue weighted by Crippen LogP contribution is -2.18. The zero-order chi connectivity index (χ0) is 18.0. The highest BCUT2D eigenvalue weighted by molar-refractivity contribution is 9.10. The Morgan fingerprint density at radius 2 is 1.92 bits per heavy atom. The molecule has 0 aliphatic heterocycles. The van der Waals surface area contributed by atoms with Crippen LogP contribution < -0.4 is 4.74 Å². The summed E-state index contributed by atoms with van der Waals surface area (Å²) in [5.74, 6) is 3.50. The van der Waals surface area contributed by atoms with Gasteiger partial charge in [0.1, 0.15) is 17.3 Å². The van der Waals surface area contributed by atoms with E-state index in [-0.39, 0.29) is 0 Å². The predicted octanol–water partition coefficient (Wildman–Crippen LogP) is 4.35. The van der Waals surface area contributed by atoms with Gasteiger partial charge in [-0.05, 0) is 45.2 Å². The van der Waals surface area contributed by atoms with E-state index in [0.717, 1.165) is 32.9 Å². The van der Waals surface area contributed by atoms with Gasteiger partial charge < -0.3 is 13.6 Å². The van der Waals surface area contributed by atoms with Gasteiger partial charge in [-0.25, -0.2) is 0 Å². The van der Waals surface area contributed by atoms with Gasteiger partial charge in [-0.3, -0.25) is 4.90 Å². The number of methoxy groups -OCH3 is 1. The molecule has 0 aliphatic rings. The van der Waals surface area contributed by atoms with Crippen molar-refractivity contribution in [1.82, 2.24) is 15.1 Å². The molecule has 6 nitrogen and oxygen atoms in total. The van der Waals surface area contributed by atoms with Gasteiger partial charge in [-0.2, -0.15) is 0 Å².